The van der Waals surface area contributed by atoms with Crippen LogP contribution >= 0.6 is 0 Å². The van der Waals surface area contributed by atoms with E-state index in [1.165, 1.54) is 0 Å². The molecular weight excluding hydrogens is 318 g/mol. The van der Waals surface area contributed by atoms with E-state index in [4.69, 9.17) is 14.2 Å². The van der Waals surface area contributed by atoms with Crippen LogP contribution < -0.4 is 19.5 Å². The maximum absolute atomic E-state index is 12.0. The van der Waals surface area contributed by atoms with Gasteiger partial charge in [0.1, 0.15) is 19.0 Å². The summed E-state index contributed by atoms with van der Waals surface area (Å²) in [6.45, 7) is 4.16. The SMILES string of the molecule is Cc1ccccc1OCCCC(=O)NCc1ccc2c(c1)OCCO2. The van der Waals surface area contributed by atoms with Crippen molar-refractivity contribution in [3.8, 4) is 17.2 Å². The standard InChI is InChI=1S/C20H23NO4/c1-15-5-2-3-6-17(15)23-10-4-7-20(22)21-14-16-8-9-18-19(13-16)25-12-11-24-18/h2-3,5-6,8-9,13H,4,7,10-12,14H2,1H3,(H,21,22). The van der Waals surface area contributed by atoms with Crippen molar-refractivity contribution in [3.63, 3.8) is 0 Å². The highest BCUT2D eigenvalue weighted by Crippen LogP contribution is 2.30. The number of rotatable bonds is 7. The molecule has 132 valence electrons. The Morgan fingerprint density at radius 1 is 1.12 bits per heavy atom. The topological polar surface area (TPSA) is 56.8 Å². The van der Waals surface area contributed by atoms with Crippen LogP contribution in [0.5, 0.6) is 17.2 Å². The number of nitrogens with one attached hydrogen (secondary N) is 1. The van der Waals surface area contributed by atoms with Crippen LogP contribution in [0.3, 0.4) is 0 Å². The molecule has 5 nitrogen and oxygen atoms in total. The van der Waals surface area contributed by atoms with Crippen molar-refractivity contribution in [2.45, 2.75) is 26.3 Å². The minimum atomic E-state index is 0.0169. The van der Waals surface area contributed by atoms with Crippen LogP contribution in [0.4, 0.5) is 0 Å². The lowest BCUT2D eigenvalue weighted by molar-refractivity contribution is -0.121. The predicted octanol–water partition coefficient (Wildman–Crippen LogP) is 3.24. The van der Waals surface area contributed by atoms with E-state index in [0.717, 1.165) is 28.4 Å². The van der Waals surface area contributed by atoms with Gasteiger partial charge in [-0.3, -0.25) is 4.79 Å². The third kappa shape index (κ3) is 4.89. The Kier molecular flexibility index (Phi) is 5.77. The van der Waals surface area contributed by atoms with E-state index in [0.29, 0.717) is 39.2 Å². The van der Waals surface area contributed by atoms with Crippen LogP contribution in [0.1, 0.15) is 24.0 Å². The molecule has 0 atom stereocenters. The van der Waals surface area contributed by atoms with E-state index < -0.39 is 0 Å². The Hall–Kier alpha value is -2.69. The second-order valence-electron chi connectivity index (χ2n) is 5.97. The van der Waals surface area contributed by atoms with E-state index >= 15 is 0 Å². The Balaban J connectivity index is 1.37. The summed E-state index contributed by atoms with van der Waals surface area (Å²) in [5, 5.41) is 2.92. The van der Waals surface area contributed by atoms with Gasteiger partial charge < -0.3 is 19.5 Å². The zero-order valence-electron chi connectivity index (χ0n) is 14.4. The molecule has 0 aromatic heterocycles. The lowest BCUT2D eigenvalue weighted by Crippen LogP contribution is -2.23. The Bertz CT molecular complexity index is 729. The van der Waals surface area contributed by atoms with Gasteiger partial charge in [0.25, 0.3) is 0 Å². The summed E-state index contributed by atoms with van der Waals surface area (Å²) in [5.74, 6) is 2.39. The summed E-state index contributed by atoms with van der Waals surface area (Å²) in [5.41, 5.74) is 2.10. The number of carbonyl (C=O) groups excluding carboxylic acids is 1. The quantitative estimate of drug-likeness (QED) is 0.786. The number of ether oxygens (including phenoxy) is 3. The molecule has 0 fully saturated rings. The van der Waals surface area contributed by atoms with Crippen molar-refractivity contribution in [1.29, 1.82) is 0 Å². The normalized spacial score (nSPS) is 12.5. The molecule has 0 spiro atoms. The molecule has 3 rings (SSSR count). The fourth-order valence-electron chi connectivity index (χ4n) is 2.62. The third-order valence-corrected chi connectivity index (χ3v) is 4.00. The van der Waals surface area contributed by atoms with Gasteiger partial charge >= 0.3 is 0 Å². The van der Waals surface area contributed by atoms with Gasteiger partial charge in [0.2, 0.25) is 5.91 Å². The van der Waals surface area contributed by atoms with Gasteiger partial charge in [-0.2, -0.15) is 0 Å². The molecule has 0 saturated heterocycles. The number of benzene rings is 2. The number of aryl methyl sites for hydroxylation is 1. The Labute approximate surface area is 147 Å². The van der Waals surface area contributed by atoms with E-state index in [2.05, 4.69) is 5.32 Å². The second-order valence-corrected chi connectivity index (χ2v) is 5.97. The first-order chi connectivity index (χ1) is 12.2. The van der Waals surface area contributed by atoms with Gasteiger partial charge in [-0.05, 0) is 42.7 Å². The molecule has 1 N–H and O–H groups in total. The van der Waals surface area contributed by atoms with Crippen LogP contribution in [-0.2, 0) is 11.3 Å². The largest absolute Gasteiger partial charge is 0.493 e. The average molecular weight is 341 g/mol. The van der Waals surface area contributed by atoms with E-state index in [1.54, 1.807) is 0 Å². The molecular formula is C20H23NO4. The summed E-state index contributed by atoms with van der Waals surface area (Å²) in [7, 11) is 0. The van der Waals surface area contributed by atoms with Gasteiger partial charge in [-0.15, -0.1) is 0 Å². The lowest BCUT2D eigenvalue weighted by Gasteiger charge is -2.19. The first-order valence-corrected chi connectivity index (χ1v) is 8.56. The number of hydrogen-bond acceptors (Lipinski definition) is 4. The molecule has 1 amide bonds. The number of fused-ring (bicyclic) bond motifs is 1. The van der Waals surface area contributed by atoms with Crippen molar-refractivity contribution in [1.82, 2.24) is 5.32 Å². The summed E-state index contributed by atoms with van der Waals surface area (Å²) < 4.78 is 16.7. The summed E-state index contributed by atoms with van der Waals surface area (Å²) in [6.07, 6.45) is 1.12. The fraction of sp³-hybridized carbons (Fsp3) is 0.350. The summed E-state index contributed by atoms with van der Waals surface area (Å²) in [6, 6.07) is 13.6. The van der Waals surface area contributed by atoms with Crippen molar-refractivity contribution in [2.24, 2.45) is 0 Å². The molecule has 0 bridgehead atoms. The number of amides is 1. The highest BCUT2D eigenvalue weighted by molar-refractivity contribution is 5.75. The monoisotopic (exact) mass is 341 g/mol. The van der Waals surface area contributed by atoms with Crippen molar-refractivity contribution in [3.05, 3.63) is 53.6 Å². The van der Waals surface area contributed by atoms with E-state index in [-0.39, 0.29) is 5.91 Å². The summed E-state index contributed by atoms with van der Waals surface area (Å²) in [4.78, 5) is 12.0. The minimum absolute atomic E-state index is 0.0169. The number of para-hydroxylation sites is 1. The molecule has 0 saturated carbocycles. The maximum atomic E-state index is 12.0. The second kappa shape index (κ2) is 8.42. The molecule has 0 aliphatic carbocycles. The highest BCUT2D eigenvalue weighted by Gasteiger charge is 2.12. The predicted molar refractivity (Wildman–Crippen MR) is 95.2 cm³/mol. The molecule has 1 aliphatic heterocycles. The van der Waals surface area contributed by atoms with Crippen LogP contribution in [0, 0.1) is 6.92 Å². The molecule has 2 aromatic carbocycles. The van der Waals surface area contributed by atoms with Crippen LogP contribution in [0.2, 0.25) is 0 Å². The van der Waals surface area contributed by atoms with E-state index in [9.17, 15) is 4.79 Å². The third-order valence-electron chi connectivity index (χ3n) is 4.00. The van der Waals surface area contributed by atoms with Gasteiger partial charge in [0.15, 0.2) is 11.5 Å². The average Bonchev–Trinajstić information content (AvgIpc) is 2.64. The summed E-state index contributed by atoms with van der Waals surface area (Å²) >= 11 is 0. The molecule has 1 heterocycles. The minimum Gasteiger partial charge on any atom is -0.493 e. The van der Waals surface area contributed by atoms with Crippen molar-refractivity contribution in [2.75, 3.05) is 19.8 Å². The molecule has 25 heavy (non-hydrogen) atoms. The Morgan fingerprint density at radius 3 is 2.76 bits per heavy atom. The lowest BCUT2D eigenvalue weighted by atomic mass is 10.2. The zero-order valence-corrected chi connectivity index (χ0v) is 14.4. The first kappa shape index (κ1) is 17.1. The molecule has 1 aliphatic rings. The molecule has 5 heteroatoms. The van der Waals surface area contributed by atoms with Gasteiger partial charge in [0, 0.05) is 13.0 Å². The van der Waals surface area contributed by atoms with Crippen LogP contribution in [0.15, 0.2) is 42.5 Å². The van der Waals surface area contributed by atoms with Gasteiger partial charge in [0.05, 0.1) is 6.61 Å². The zero-order chi connectivity index (χ0) is 17.5. The first-order valence-electron chi connectivity index (χ1n) is 8.56. The molecule has 2 aromatic rings. The highest BCUT2D eigenvalue weighted by atomic mass is 16.6. The number of hydrogen-bond donors (Lipinski definition) is 1. The number of carbonyl (C=O) groups is 1. The van der Waals surface area contributed by atoms with Crippen molar-refractivity contribution >= 4 is 5.91 Å². The van der Waals surface area contributed by atoms with E-state index in [1.807, 2.05) is 49.4 Å². The van der Waals surface area contributed by atoms with Gasteiger partial charge in [-0.1, -0.05) is 24.3 Å². The van der Waals surface area contributed by atoms with Crippen molar-refractivity contribution < 1.29 is 19.0 Å². The molecule has 0 radical (unpaired) electrons. The fourth-order valence-corrected chi connectivity index (χ4v) is 2.62. The smallest absolute Gasteiger partial charge is 0.220 e. The van der Waals surface area contributed by atoms with Crippen LogP contribution in [-0.4, -0.2) is 25.7 Å². The molecule has 0 unspecified atom stereocenters. The Morgan fingerprint density at radius 2 is 1.92 bits per heavy atom. The van der Waals surface area contributed by atoms with Gasteiger partial charge in [-0.25, -0.2) is 0 Å². The maximum Gasteiger partial charge on any atom is 0.220 e. The van der Waals surface area contributed by atoms with Crippen LogP contribution in [0.25, 0.3) is 0 Å².